The normalized spacial score (nSPS) is 19.8. The molecule has 0 radical (unpaired) electrons. The van der Waals surface area contributed by atoms with Gasteiger partial charge in [-0.15, -0.1) is 0 Å². The number of nitrogens with zero attached hydrogens (tertiary/aromatic N) is 7. The third-order valence-electron chi connectivity index (χ3n) is 7.67. The Balaban J connectivity index is 1.01. The van der Waals surface area contributed by atoms with Gasteiger partial charge in [0, 0.05) is 76.5 Å². The first-order chi connectivity index (χ1) is 17.7. The predicted octanol–water partition coefficient (Wildman–Crippen LogP) is 2.32. The molecule has 0 bridgehead atoms. The summed E-state index contributed by atoms with van der Waals surface area (Å²) >= 11 is 0. The van der Waals surface area contributed by atoms with Gasteiger partial charge in [-0.25, -0.2) is 15.0 Å². The third kappa shape index (κ3) is 4.92. The smallest absolute Gasteiger partial charge is 0.156 e. The molecule has 6 rings (SSSR count). The van der Waals surface area contributed by atoms with Crippen LogP contribution in [-0.4, -0.2) is 84.8 Å². The van der Waals surface area contributed by atoms with Crippen molar-refractivity contribution in [2.24, 2.45) is 5.92 Å². The quantitative estimate of drug-likeness (QED) is 0.547. The Bertz CT molecular complexity index is 1220. The van der Waals surface area contributed by atoms with E-state index in [0.717, 1.165) is 100.0 Å². The minimum Gasteiger partial charge on any atom is -0.371 e. The van der Waals surface area contributed by atoms with E-state index in [1.807, 2.05) is 12.1 Å². The number of nitrogens with one attached hydrogen (secondary N) is 2. The molecule has 3 aromatic rings. The highest BCUT2D eigenvalue weighted by molar-refractivity contribution is 5.86. The van der Waals surface area contributed by atoms with Gasteiger partial charge >= 0.3 is 0 Å². The van der Waals surface area contributed by atoms with E-state index in [1.165, 1.54) is 5.69 Å². The summed E-state index contributed by atoms with van der Waals surface area (Å²) in [5.74, 6) is 2.57. The van der Waals surface area contributed by atoms with Crippen LogP contribution in [0.1, 0.15) is 18.4 Å². The van der Waals surface area contributed by atoms with Gasteiger partial charge < -0.3 is 25.3 Å². The van der Waals surface area contributed by atoms with E-state index in [-0.39, 0.29) is 0 Å². The van der Waals surface area contributed by atoms with Crippen molar-refractivity contribution < 1.29 is 0 Å². The lowest BCUT2D eigenvalue weighted by molar-refractivity contribution is 0.174. The second-order valence-electron chi connectivity index (χ2n) is 10.1. The first kappa shape index (κ1) is 23.0. The van der Waals surface area contributed by atoms with Crippen LogP contribution < -0.4 is 20.4 Å². The van der Waals surface area contributed by atoms with Crippen molar-refractivity contribution in [2.75, 3.05) is 74.0 Å². The average Bonchev–Trinajstić information content (AvgIpc) is 2.92. The number of pyridine rings is 1. The first-order valence-corrected chi connectivity index (χ1v) is 13.1. The predicted molar refractivity (Wildman–Crippen MR) is 142 cm³/mol. The van der Waals surface area contributed by atoms with Gasteiger partial charge in [0.2, 0.25) is 0 Å². The van der Waals surface area contributed by atoms with Gasteiger partial charge in [-0.1, -0.05) is 0 Å². The van der Waals surface area contributed by atoms with E-state index >= 15 is 0 Å². The maximum absolute atomic E-state index is 8.98. The van der Waals surface area contributed by atoms with Crippen molar-refractivity contribution in [1.29, 1.82) is 5.26 Å². The van der Waals surface area contributed by atoms with Gasteiger partial charge in [0.15, 0.2) is 5.82 Å². The molecule has 3 aliphatic rings. The molecule has 0 saturated carbocycles. The van der Waals surface area contributed by atoms with Crippen LogP contribution in [0.15, 0.2) is 42.7 Å². The van der Waals surface area contributed by atoms with Crippen LogP contribution >= 0.6 is 0 Å². The Morgan fingerprint density at radius 1 is 0.944 bits per heavy atom. The Morgan fingerprint density at radius 3 is 2.47 bits per heavy atom. The van der Waals surface area contributed by atoms with Crippen molar-refractivity contribution in [3.63, 3.8) is 0 Å². The summed E-state index contributed by atoms with van der Waals surface area (Å²) in [5.41, 5.74) is 3.70. The lowest BCUT2D eigenvalue weighted by Crippen LogP contribution is -2.53. The molecule has 9 heteroatoms. The molecule has 186 valence electrons. The molecule has 2 aromatic heterocycles. The highest BCUT2D eigenvalue weighted by Gasteiger charge is 2.30. The average molecular weight is 484 g/mol. The highest BCUT2D eigenvalue weighted by atomic mass is 15.2. The first-order valence-electron chi connectivity index (χ1n) is 13.1. The van der Waals surface area contributed by atoms with Crippen molar-refractivity contribution >= 4 is 28.4 Å². The van der Waals surface area contributed by atoms with Gasteiger partial charge in [-0.3, -0.25) is 0 Å². The monoisotopic (exact) mass is 483 g/mol. The zero-order valence-corrected chi connectivity index (χ0v) is 20.6. The lowest BCUT2D eigenvalue weighted by Gasteiger charge is -2.44. The number of fused-ring (bicyclic) bond motifs is 1. The number of piperidine rings is 1. The van der Waals surface area contributed by atoms with Crippen LogP contribution in [0.3, 0.4) is 0 Å². The summed E-state index contributed by atoms with van der Waals surface area (Å²) < 4.78 is 0. The summed E-state index contributed by atoms with van der Waals surface area (Å²) in [6, 6.07) is 14.7. The molecule has 0 amide bonds. The molecule has 0 spiro atoms. The topological polar surface area (TPSA) is 96.2 Å². The van der Waals surface area contributed by atoms with E-state index in [4.69, 9.17) is 10.2 Å². The molecule has 0 atom stereocenters. The number of benzene rings is 1. The SMILES string of the molecule is N#Cc1ccc(N2CC(CN3CCC(Nc4ncnc5ccc(N6CCNCC6)nc45)CC3)C2)cc1. The summed E-state index contributed by atoms with van der Waals surface area (Å²) in [5, 5.41) is 16.1. The Morgan fingerprint density at radius 2 is 1.72 bits per heavy atom. The number of hydrogen-bond donors (Lipinski definition) is 2. The molecular formula is C27H33N9. The van der Waals surface area contributed by atoms with E-state index in [9.17, 15) is 0 Å². The molecular weight excluding hydrogens is 450 g/mol. The summed E-state index contributed by atoms with van der Waals surface area (Å²) in [6.45, 7) is 9.48. The molecule has 3 aliphatic heterocycles. The van der Waals surface area contributed by atoms with E-state index in [1.54, 1.807) is 6.33 Å². The number of nitriles is 1. The molecule has 3 saturated heterocycles. The number of likely N-dealkylation sites (tertiary alicyclic amines) is 1. The van der Waals surface area contributed by atoms with Crippen molar-refractivity contribution in [3.05, 3.63) is 48.3 Å². The van der Waals surface area contributed by atoms with Gasteiger partial charge in [-0.2, -0.15) is 5.26 Å². The fourth-order valence-corrected chi connectivity index (χ4v) is 5.57. The molecule has 36 heavy (non-hydrogen) atoms. The summed E-state index contributed by atoms with van der Waals surface area (Å²) in [6.07, 6.45) is 3.85. The molecule has 2 N–H and O–H groups in total. The second-order valence-corrected chi connectivity index (χ2v) is 10.1. The number of anilines is 3. The Kier molecular flexibility index (Phi) is 6.53. The fourth-order valence-electron chi connectivity index (χ4n) is 5.57. The number of hydrogen-bond acceptors (Lipinski definition) is 9. The van der Waals surface area contributed by atoms with Gasteiger partial charge in [0.05, 0.1) is 17.1 Å². The van der Waals surface area contributed by atoms with Crippen molar-refractivity contribution in [1.82, 2.24) is 25.2 Å². The van der Waals surface area contributed by atoms with Crippen LogP contribution in [0.25, 0.3) is 11.0 Å². The largest absolute Gasteiger partial charge is 0.371 e. The molecule has 0 unspecified atom stereocenters. The van der Waals surface area contributed by atoms with Crippen LogP contribution in [0.5, 0.6) is 0 Å². The fraction of sp³-hybridized carbons (Fsp3) is 0.481. The second kappa shape index (κ2) is 10.2. The van der Waals surface area contributed by atoms with E-state index < -0.39 is 0 Å². The van der Waals surface area contributed by atoms with Crippen LogP contribution in [0.2, 0.25) is 0 Å². The van der Waals surface area contributed by atoms with Gasteiger partial charge in [0.1, 0.15) is 17.7 Å². The van der Waals surface area contributed by atoms with Crippen molar-refractivity contribution in [2.45, 2.75) is 18.9 Å². The molecule has 9 nitrogen and oxygen atoms in total. The van der Waals surface area contributed by atoms with Gasteiger partial charge in [-0.05, 0) is 49.2 Å². The zero-order valence-electron chi connectivity index (χ0n) is 20.6. The standard InChI is InChI=1S/C27H33N9/c28-15-20-1-3-23(4-2-20)36-17-21(18-36)16-34-11-7-22(8-12-34)32-27-26-24(30-19-31-27)5-6-25(33-26)35-13-9-29-10-14-35/h1-6,19,21-22,29H,7-14,16-18H2,(H,30,31,32). The zero-order chi connectivity index (χ0) is 24.3. The summed E-state index contributed by atoms with van der Waals surface area (Å²) in [4.78, 5) is 21.3. The molecule has 3 fully saturated rings. The lowest BCUT2D eigenvalue weighted by atomic mass is 9.96. The Labute approximate surface area is 212 Å². The van der Waals surface area contributed by atoms with E-state index in [0.29, 0.717) is 12.0 Å². The maximum atomic E-state index is 8.98. The van der Waals surface area contributed by atoms with E-state index in [2.05, 4.69) is 65.6 Å². The highest BCUT2D eigenvalue weighted by Crippen LogP contribution is 2.27. The van der Waals surface area contributed by atoms with Crippen LogP contribution in [0, 0.1) is 17.2 Å². The van der Waals surface area contributed by atoms with Crippen molar-refractivity contribution in [3.8, 4) is 6.07 Å². The van der Waals surface area contributed by atoms with Gasteiger partial charge in [0.25, 0.3) is 0 Å². The summed E-state index contributed by atoms with van der Waals surface area (Å²) in [7, 11) is 0. The minimum absolute atomic E-state index is 0.403. The maximum Gasteiger partial charge on any atom is 0.156 e. The molecule has 5 heterocycles. The number of rotatable bonds is 6. The molecule has 1 aromatic carbocycles. The number of piperazine rings is 1. The molecule has 0 aliphatic carbocycles. The Hall–Kier alpha value is -3.48. The third-order valence-corrected chi connectivity index (χ3v) is 7.67. The van der Waals surface area contributed by atoms with Crippen LogP contribution in [-0.2, 0) is 0 Å². The van der Waals surface area contributed by atoms with Crippen LogP contribution in [0.4, 0.5) is 17.3 Å². The number of aromatic nitrogens is 3. The minimum atomic E-state index is 0.403.